The first-order valence-corrected chi connectivity index (χ1v) is 8.05. The summed E-state index contributed by atoms with van der Waals surface area (Å²) >= 11 is 13.7. The lowest BCUT2D eigenvalue weighted by molar-refractivity contribution is 0.414. The number of benzene rings is 1. The van der Waals surface area contributed by atoms with Crippen LogP contribution in [-0.4, -0.2) is 13.7 Å². The number of halogens is 2. The van der Waals surface area contributed by atoms with E-state index >= 15 is 0 Å². The summed E-state index contributed by atoms with van der Waals surface area (Å²) < 4.78 is 6.09. The van der Waals surface area contributed by atoms with E-state index < -0.39 is 0 Å². The molecular weight excluding hydrogens is 313 g/mol. The Kier molecular flexibility index (Phi) is 5.73. The van der Waals surface area contributed by atoms with Crippen LogP contribution in [0.5, 0.6) is 5.75 Å². The van der Waals surface area contributed by atoms with Gasteiger partial charge in [-0.3, -0.25) is 0 Å². The molecule has 20 heavy (non-hydrogen) atoms. The zero-order chi connectivity index (χ0) is 14.5. The van der Waals surface area contributed by atoms with Crippen LogP contribution in [0.4, 0.5) is 0 Å². The molecule has 1 atom stereocenters. The van der Waals surface area contributed by atoms with Crippen molar-refractivity contribution < 1.29 is 4.74 Å². The van der Waals surface area contributed by atoms with Gasteiger partial charge in [-0.1, -0.05) is 36.2 Å². The van der Waals surface area contributed by atoms with E-state index in [9.17, 15) is 0 Å². The molecule has 0 aliphatic carbocycles. The van der Waals surface area contributed by atoms with Crippen LogP contribution in [0.1, 0.15) is 29.8 Å². The van der Waals surface area contributed by atoms with E-state index in [0.717, 1.165) is 22.9 Å². The highest BCUT2D eigenvalue weighted by Crippen LogP contribution is 2.34. The average Bonchev–Trinajstić information content (AvgIpc) is 2.87. The van der Waals surface area contributed by atoms with Gasteiger partial charge in [0.2, 0.25) is 0 Å². The van der Waals surface area contributed by atoms with Gasteiger partial charge in [0, 0.05) is 4.88 Å². The normalized spacial score (nSPS) is 12.4. The van der Waals surface area contributed by atoms with Crippen LogP contribution in [0, 0.1) is 0 Å². The van der Waals surface area contributed by atoms with E-state index in [0.29, 0.717) is 10.8 Å². The summed E-state index contributed by atoms with van der Waals surface area (Å²) in [7, 11) is 1.63. The maximum absolute atomic E-state index is 6.09. The largest absolute Gasteiger partial charge is 0.495 e. The smallest absolute Gasteiger partial charge is 0.137 e. The molecule has 0 saturated carbocycles. The third-order valence-corrected chi connectivity index (χ3v) is 4.59. The monoisotopic (exact) mass is 329 g/mol. The lowest BCUT2D eigenvalue weighted by Crippen LogP contribution is -2.22. The van der Waals surface area contributed by atoms with Crippen molar-refractivity contribution in [2.45, 2.75) is 19.4 Å². The molecule has 2 rings (SSSR count). The molecule has 0 aliphatic heterocycles. The van der Waals surface area contributed by atoms with Gasteiger partial charge in [0.15, 0.2) is 0 Å². The standard InChI is InChI=1S/C15H17Cl2NOS/c1-3-8-18-15(13-6-7-14(17)20-13)10-4-5-11(16)12(9-10)19-2/h4-7,9,15,18H,3,8H2,1-2H3. The first kappa shape index (κ1) is 15.6. The molecule has 1 unspecified atom stereocenters. The predicted octanol–water partition coefficient (Wildman–Crippen LogP) is 5.15. The zero-order valence-corrected chi connectivity index (χ0v) is 13.8. The molecule has 0 amide bonds. The molecule has 0 bridgehead atoms. The Morgan fingerprint density at radius 2 is 2.05 bits per heavy atom. The Morgan fingerprint density at radius 1 is 1.25 bits per heavy atom. The minimum absolute atomic E-state index is 0.110. The fraction of sp³-hybridized carbons (Fsp3) is 0.333. The van der Waals surface area contributed by atoms with Crippen molar-refractivity contribution in [1.29, 1.82) is 0 Å². The molecule has 1 aromatic heterocycles. The third kappa shape index (κ3) is 3.67. The Labute approximate surface area is 133 Å². The van der Waals surface area contributed by atoms with Gasteiger partial charge in [-0.05, 0) is 42.8 Å². The molecule has 5 heteroatoms. The van der Waals surface area contributed by atoms with E-state index in [4.69, 9.17) is 27.9 Å². The zero-order valence-electron chi connectivity index (χ0n) is 11.5. The molecule has 1 heterocycles. The molecule has 0 saturated heterocycles. The quantitative estimate of drug-likeness (QED) is 0.790. The number of nitrogens with one attached hydrogen (secondary N) is 1. The van der Waals surface area contributed by atoms with Crippen molar-refractivity contribution >= 4 is 34.5 Å². The summed E-state index contributed by atoms with van der Waals surface area (Å²) in [5.74, 6) is 0.690. The van der Waals surface area contributed by atoms with Crippen molar-refractivity contribution in [2.75, 3.05) is 13.7 Å². The van der Waals surface area contributed by atoms with Crippen LogP contribution in [-0.2, 0) is 0 Å². The van der Waals surface area contributed by atoms with Crippen LogP contribution in [0.3, 0.4) is 0 Å². The maximum Gasteiger partial charge on any atom is 0.137 e. The Balaban J connectivity index is 2.35. The lowest BCUT2D eigenvalue weighted by atomic mass is 10.0. The van der Waals surface area contributed by atoms with Crippen LogP contribution >= 0.6 is 34.5 Å². The fourth-order valence-electron chi connectivity index (χ4n) is 2.01. The number of thiophene rings is 1. The summed E-state index contributed by atoms with van der Waals surface area (Å²) in [6.07, 6.45) is 1.07. The highest BCUT2D eigenvalue weighted by Gasteiger charge is 2.17. The molecule has 2 nitrogen and oxygen atoms in total. The summed E-state index contributed by atoms with van der Waals surface area (Å²) in [5, 5.41) is 4.16. The first-order valence-electron chi connectivity index (χ1n) is 6.47. The minimum atomic E-state index is 0.110. The number of hydrogen-bond acceptors (Lipinski definition) is 3. The van der Waals surface area contributed by atoms with Gasteiger partial charge in [-0.15, -0.1) is 11.3 Å². The van der Waals surface area contributed by atoms with Crippen LogP contribution in [0.15, 0.2) is 30.3 Å². The van der Waals surface area contributed by atoms with Gasteiger partial charge < -0.3 is 10.1 Å². The van der Waals surface area contributed by atoms with E-state index in [-0.39, 0.29) is 6.04 Å². The van der Waals surface area contributed by atoms with E-state index in [2.05, 4.69) is 18.3 Å². The summed E-state index contributed by atoms with van der Waals surface area (Å²) in [6.45, 7) is 3.08. The summed E-state index contributed by atoms with van der Waals surface area (Å²) in [4.78, 5) is 1.19. The predicted molar refractivity (Wildman–Crippen MR) is 87.5 cm³/mol. The highest BCUT2D eigenvalue weighted by atomic mass is 35.5. The molecule has 0 spiro atoms. The molecule has 1 aromatic carbocycles. The van der Waals surface area contributed by atoms with E-state index in [1.165, 1.54) is 4.88 Å². The fourth-order valence-corrected chi connectivity index (χ4v) is 3.37. The van der Waals surface area contributed by atoms with E-state index in [1.54, 1.807) is 18.4 Å². The Hall–Kier alpha value is -0.740. The van der Waals surface area contributed by atoms with Gasteiger partial charge in [-0.25, -0.2) is 0 Å². The molecule has 1 N–H and O–H groups in total. The van der Waals surface area contributed by atoms with Crippen molar-refractivity contribution in [3.8, 4) is 5.75 Å². The minimum Gasteiger partial charge on any atom is -0.495 e. The van der Waals surface area contributed by atoms with Crippen molar-refractivity contribution in [3.63, 3.8) is 0 Å². The van der Waals surface area contributed by atoms with Crippen molar-refractivity contribution in [1.82, 2.24) is 5.32 Å². The Morgan fingerprint density at radius 3 is 2.65 bits per heavy atom. The molecular formula is C15H17Cl2NOS. The van der Waals surface area contributed by atoms with Gasteiger partial charge in [-0.2, -0.15) is 0 Å². The van der Waals surface area contributed by atoms with E-state index in [1.807, 2.05) is 24.3 Å². The average molecular weight is 330 g/mol. The van der Waals surface area contributed by atoms with Crippen LogP contribution in [0.25, 0.3) is 0 Å². The topological polar surface area (TPSA) is 21.3 Å². The molecule has 0 radical (unpaired) electrons. The second kappa shape index (κ2) is 7.32. The number of methoxy groups -OCH3 is 1. The maximum atomic E-state index is 6.09. The molecule has 0 aliphatic rings. The number of rotatable bonds is 6. The van der Waals surface area contributed by atoms with Gasteiger partial charge in [0.05, 0.1) is 22.5 Å². The first-order chi connectivity index (χ1) is 9.65. The van der Waals surface area contributed by atoms with Gasteiger partial charge in [0.25, 0.3) is 0 Å². The third-order valence-electron chi connectivity index (χ3n) is 2.99. The molecule has 0 fully saturated rings. The highest BCUT2D eigenvalue weighted by molar-refractivity contribution is 7.16. The van der Waals surface area contributed by atoms with Gasteiger partial charge in [0.1, 0.15) is 5.75 Å². The lowest BCUT2D eigenvalue weighted by Gasteiger charge is -2.18. The summed E-state index contributed by atoms with van der Waals surface area (Å²) in [6, 6.07) is 9.95. The second-order valence-electron chi connectivity index (χ2n) is 4.42. The van der Waals surface area contributed by atoms with Crippen LogP contribution in [0.2, 0.25) is 9.36 Å². The molecule has 108 valence electrons. The Bertz CT molecular complexity index is 571. The van der Waals surface area contributed by atoms with Crippen molar-refractivity contribution in [2.24, 2.45) is 0 Å². The second-order valence-corrected chi connectivity index (χ2v) is 6.58. The number of hydrogen-bond donors (Lipinski definition) is 1. The van der Waals surface area contributed by atoms with Gasteiger partial charge >= 0.3 is 0 Å². The molecule has 2 aromatic rings. The van der Waals surface area contributed by atoms with Crippen LogP contribution < -0.4 is 10.1 Å². The summed E-state index contributed by atoms with van der Waals surface area (Å²) in [5.41, 5.74) is 1.12. The SMILES string of the molecule is CCCNC(c1ccc(Cl)c(OC)c1)c1ccc(Cl)s1. The number of ether oxygens (including phenoxy) is 1. The van der Waals surface area contributed by atoms with Crippen molar-refractivity contribution in [3.05, 3.63) is 50.1 Å².